The van der Waals surface area contributed by atoms with Crippen LogP contribution in [-0.4, -0.2) is 30.9 Å². The van der Waals surface area contributed by atoms with Crippen LogP contribution in [0.15, 0.2) is 22.0 Å². The third kappa shape index (κ3) is 3.78. The molecular formula is C12H17ClN2O3S2. The molecule has 0 saturated heterocycles. The van der Waals surface area contributed by atoms with Gasteiger partial charge in [-0.25, -0.2) is 13.1 Å². The maximum absolute atomic E-state index is 12.2. The first-order chi connectivity index (χ1) is 9.42. The van der Waals surface area contributed by atoms with Gasteiger partial charge in [0.1, 0.15) is 5.02 Å². The van der Waals surface area contributed by atoms with Crippen molar-refractivity contribution in [2.75, 3.05) is 6.26 Å². The Balaban J connectivity index is 2.08. The van der Waals surface area contributed by atoms with Crippen molar-refractivity contribution in [2.24, 2.45) is 0 Å². The molecule has 2 N–H and O–H groups in total. The quantitative estimate of drug-likeness (QED) is 0.881. The Morgan fingerprint density at radius 1 is 1.35 bits per heavy atom. The lowest BCUT2D eigenvalue weighted by atomic mass is 9.96. The monoisotopic (exact) mass is 336 g/mol. The number of H-pyrrole nitrogens is 1. The summed E-state index contributed by atoms with van der Waals surface area (Å²) in [5.74, 6) is 0. The van der Waals surface area contributed by atoms with E-state index in [1.165, 1.54) is 12.3 Å². The first-order valence-corrected chi connectivity index (χ1v) is 9.50. The largest absolute Gasteiger partial charge is 0.326 e. The third-order valence-electron chi connectivity index (χ3n) is 3.47. The van der Waals surface area contributed by atoms with E-state index in [0.29, 0.717) is 5.25 Å². The number of thioether (sulfide) groups is 1. The molecule has 1 heterocycles. The highest BCUT2D eigenvalue weighted by Gasteiger charge is 2.25. The van der Waals surface area contributed by atoms with Crippen LogP contribution in [0.3, 0.4) is 0 Å². The van der Waals surface area contributed by atoms with Crippen molar-refractivity contribution < 1.29 is 8.42 Å². The Morgan fingerprint density at radius 2 is 2.00 bits per heavy atom. The second kappa shape index (κ2) is 6.51. The van der Waals surface area contributed by atoms with E-state index in [2.05, 4.69) is 16.0 Å². The van der Waals surface area contributed by atoms with Crippen molar-refractivity contribution in [2.45, 2.75) is 41.9 Å². The zero-order valence-corrected chi connectivity index (χ0v) is 13.4. The highest BCUT2D eigenvalue weighted by molar-refractivity contribution is 7.99. The zero-order valence-electron chi connectivity index (χ0n) is 11.1. The fourth-order valence-corrected chi connectivity index (χ4v) is 4.57. The maximum Gasteiger partial charge on any atom is 0.266 e. The van der Waals surface area contributed by atoms with Crippen molar-refractivity contribution >= 4 is 33.4 Å². The van der Waals surface area contributed by atoms with Crippen molar-refractivity contribution in [1.82, 2.24) is 9.71 Å². The summed E-state index contributed by atoms with van der Waals surface area (Å²) in [5, 5.41) is 0.497. The number of hydrogen-bond donors (Lipinski definition) is 2. The van der Waals surface area contributed by atoms with Gasteiger partial charge in [0, 0.05) is 17.5 Å². The molecule has 0 atom stereocenters. The van der Waals surface area contributed by atoms with Gasteiger partial charge in [-0.15, -0.1) is 0 Å². The summed E-state index contributed by atoms with van der Waals surface area (Å²) < 4.78 is 27.1. The topological polar surface area (TPSA) is 79.0 Å². The van der Waals surface area contributed by atoms with Crippen molar-refractivity contribution in [3.05, 3.63) is 27.6 Å². The first-order valence-electron chi connectivity index (χ1n) is 6.36. The van der Waals surface area contributed by atoms with E-state index in [1.807, 2.05) is 11.8 Å². The van der Waals surface area contributed by atoms with Gasteiger partial charge < -0.3 is 4.98 Å². The lowest BCUT2D eigenvalue weighted by molar-refractivity contribution is 0.420. The molecule has 0 spiro atoms. The molecule has 1 aromatic rings. The van der Waals surface area contributed by atoms with Crippen LogP contribution in [0.25, 0.3) is 0 Å². The molecule has 8 heteroatoms. The first kappa shape index (κ1) is 15.9. The van der Waals surface area contributed by atoms with Crippen LogP contribution in [0.1, 0.15) is 25.7 Å². The van der Waals surface area contributed by atoms with Gasteiger partial charge in [-0.1, -0.05) is 11.6 Å². The van der Waals surface area contributed by atoms with Crippen molar-refractivity contribution in [3.8, 4) is 0 Å². The number of sulfonamides is 1. The Hall–Kier alpha value is -0.500. The smallest absolute Gasteiger partial charge is 0.266 e. The van der Waals surface area contributed by atoms with Crippen LogP contribution in [0.5, 0.6) is 0 Å². The normalized spacial score (nSPS) is 23.7. The molecular weight excluding hydrogens is 320 g/mol. The van der Waals surface area contributed by atoms with E-state index < -0.39 is 15.6 Å². The van der Waals surface area contributed by atoms with Crippen LogP contribution in [0, 0.1) is 0 Å². The van der Waals surface area contributed by atoms with Crippen molar-refractivity contribution in [3.63, 3.8) is 0 Å². The van der Waals surface area contributed by atoms with Gasteiger partial charge in [0.15, 0.2) is 0 Å². The molecule has 0 radical (unpaired) electrons. The number of aromatic amines is 1. The standard InChI is InChI=1S/C12H17ClN2O3S2/c1-19-9-4-2-8(3-5-9)15-20(17,18)10-6-11(13)12(16)14-7-10/h6-9,15H,2-5H2,1H3,(H,14,16). The molecule has 0 amide bonds. The van der Waals surface area contributed by atoms with Gasteiger partial charge in [0.25, 0.3) is 5.56 Å². The lowest BCUT2D eigenvalue weighted by Gasteiger charge is -2.27. The van der Waals surface area contributed by atoms with Crippen molar-refractivity contribution in [1.29, 1.82) is 0 Å². The summed E-state index contributed by atoms with van der Waals surface area (Å²) >= 11 is 7.49. The molecule has 0 aliphatic heterocycles. The molecule has 0 aromatic carbocycles. The Morgan fingerprint density at radius 3 is 2.55 bits per heavy atom. The minimum Gasteiger partial charge on any atom is -0.326 e. The second-order valence-electron chi connectivity index (χ2n) is 4.84. The summed E-state index contributed by atoms with van der Waals surface area (Å²) in [7, 11) is -3.63. The Labute approximate surface area is 127 Å². The second-order valence-corrected chi connectivity index (χ2v) is 8.10. The molecule has 1 saturated carbocycles. The summed E-state index contributed by atoms with van der Waals surface area (Å²) in [4.78, 5) is 13.5. The molecule has 0 unspecified atom stereocenters. The lowest BCUT2D eigenvalue weighted by Crippen LogP contribution is -2.38. The van der Waals surface area contributed by atoms with Crippen LogP contribution in [-0.2, 0) is 10.0 Å². The van der Waals surface area contributed by atoms with E-state index in [4.69, 9.17) is 11.6 Å². The predicted octanol–water partition coefficient (Wildman–Crippen LogP) is 1.98. The fourth-order valence-electron chi connectivity index (χ4n) is 2.30. The van der Waals surface area contributed by atoms with E-state index >= 15 is 0 Å². The van der Waals surface area contributed by atoms with Crippen LogP contribution in [0.4, 0.5) is 0 Å². The maximum atomic E-state index is 12.2. The zero-order chi connectivity index (χ0) is 14.8. The van der Waals surface area contributed by atoms with E-state index in [-0.39, 0.29) is 16.0 Å². The number of rotatable bonds is 4. The fraction of sp³-hybridized carbons (Fsp3) is 0.583. The molecule has 1 aromatic heterocycles. The summed E-state index contributed by atoms with van der Waals surface area (Å²) in [6.45, 7) is 0. The number of nitrogens with one attached hydrogen (secondary N) is 2. The molecule has 2 rings (SSSR count). The van der Waals surface area contributed by atoms with E-state index in [0.717, 1.165) is 25.7 Å². The highest BCUT2D eigenvalue weighted by Crippen LogP contribution is 2.27. The molecule has 1 aliphatic rings. The van der Waals surface area contributed by atoms with Crippen LogP contribution < -0.4 is 10.3 Å². The third-order valence-corrected chi connectivity index (χ3v) is 6.39. The number of aromatic nitrogens is 1. The van der Waals surface area contributed by atoms with Crippen LogP contribution >= 0.6 is 23.4 Å². The SMILES string of the molecule is CSC1CCC(NS(=O)(=O)c2c[nH]c(=O)c(Cl)c2)CC1. The average molecular weight is 337 g/mol. The van der Waals surface area contributed by atoms with Gasteiger partial charge in [0.05, 0.1) is 4.90 Å². The van der Waals surface area contributed by atoms with E-state index in [1.54, 1.807) is 0 Å². The Kier molecular flexibility index (Phi) is 5.17. The minimum atomic E-state index is -3.63. The highest BCUT2D eigenvalue weighted by atomic mass is 35.5. The van der Waals surface area contributed by atoms with Crippen LogP contribution in [0.2, 0.25) is 5.02 Å². The van der Waals surface area contributed by atoms with E-state index in [9.17, 15) is 13.2 Å². The van der Waals surface area contributed by atoms with Gasteiger partial charge in [-0.3, -0.25) is 4.79 Å². The molecule has 20 heavy (non-hydrogen) atoms. The van der Waals surface area contributed by atoms with Gasteiger partial charge in [0.2, 0.25) is 10.0 Å². The average Bonchev–Trinajstić information content (AvgIpc) is 2.42. The Bertz CT molecular complexity index is 622. The molecule has 0 bridgehead atoms. The predicted molar refractivity (Wildman–Crippen MR) is 82.0 cm³/mol. The number of pyridine rings is 1. The van der Waals surface area contributed by atoms with Gasteiger partial charge in [-0.05, 0) is 38.0 Å². The molecule has 5 nitrogen and oxygen atoms in total. The summed E-state index contributed by atoms with van der Waals surface area (Å²) in [6, 6.07) is 1.13. The minimum absolute atomic E-state index is 0.00547. The molecule has 1 aliphatic carbocycles. The number of halogens is 1. The van der Waals surface area contributed by atoms with Gasteiger partial charge >= 0.3 is 0 Å². The molecule has 1 fully saturated rings. The number of hydrogen-bond acceptors (Lipinski definition) is 4. The van der Waals surface area contributed by atoms with Gasteiger partial charge in [-0.2, -0.15) is 11.8 Å². The molecule has 112 valence electrons. The summed E-state index contributed by atoms with van der Waals surface area (Å²) in [5.41, 5.74) is -0.494. The summed E-state index contributed by atoms with van der Waals surface area (Å²) in [6.07, 6.45) is 6.95.